The van der Waals surface area contributed by atoms with Crippen LogP contribution in [0.3, 0.4) is 0 Å². The van der Waals surface area contributed by atoms with Gasteiger partial charge in [-0.2, -0.15) is 0 Å². The topological polar surface area (TPSA) is 46.2 Å². The summed E-state index contributed by atoms with van der Waals surface area (Å²) in [6.07, 6.45) is 0. The van der Waals surface area contributed by atoms with E-state index in [1.165, 1.54) is 0 Å². The second kappa shape index (κ2) is 5.27. The number of benzene rings is 1. The summed E-state index contributed by atoms with van der Waals surface area (Å²) in [5, 5.41) is 3.17. The molecule has 0 radical (unpaired) electrons. The predicted molar refractivity (Wildman–Crippen MR) is 72.6 cm³/mol. The molecule has 1 aromatic rings. The van der Waals surface area contributed by atoms with Gasteiger partial charge in [0.05, 0.1) is 16.3 Å². The molecule has 3 nitrogen and oxygen atoms in total. The van der Waals surface area contributed by atoms with Crippen molar-refractivity contribution in [3.63, 3.8) is 0 Å². The Morgan fingerprint density at radius 1 is 1.29 bits per heavy atom. The van der Waals surface area contributed by atoms with Gasteiger partial charge in [-0.3, -0.25) is 0 Å². The van der Waals surface area contributed by atoms with E-state index in [4.69, 9.17) is 11.6 Å². The zero-order valence-electron chi connectivity index (χ0n) is 10.3. The summed E-state index contributed by atoms with van der Waals surface area (Å²) in [6, 6.07) is 6.91. The molecular formula is C12H18ClNO2S. The second-order valence-corrected chi connectivity index (χ2v) is 7.06. The van der Waals surface area contributed by atoms with E-state index < -0.39 is 9.84 Å². The van der Waals surface area contributed by atoms with Gasteiger partial charge in [0.1, 0.15) is 0 Å². The monoisotopic (exact) mass is 275 g/mol. The molecule has 0 aliphatic rings. The summed E-state index contributed by atoms with van der Waals surface area (Å²) in [7, 11) is -3.22. The first-order valence-corrected chi connectivity index (χ1v) is 7.67. The van der Waals surface area contributed by atoms with E-state index in [-0.39, 0.29) is 11.3 Å². The van der Waals surface area contributed by atoms with Crippen LogP contribution in [0.5, 0.6) is 0 Å². The smallest absolute Gasteiger partial charge is 0.180 e. The molecule has 0 aromatic heterocycles. The van der Waals surface area contributed by atoms with E-state index in [0.29, 0.717) is 16.5 Å². The summed E-state index contributed by atoms with van der Waals surface area (Å²) in [5.74, 6) is 0.487. The Labute approximate surface area is 108 Å². The average Bonchev–Trinajstić information content (AvgIpc) is 2.29. The Bertz CT molecular complexity index is 483. The lowest BCUT2D eigenvalue weighted by atomic mass is 10.1. The number of rotatable bonds is 5. The molecule has 17 heavy (non-hydrogen) atoms. The molecule has 0 unspecified atom stereocenters. The molecule has 1 rings (SSSR count). The van der Waals surface area contributed by atoms with Crippen LogP contribution in [0, 0.1) is 0 Å². The third kappa shape index (κ3) is 3.61. The van der Waals surface area contributed by atoms with E-state index in [1.54, 1.807) is 31.2 Å². The zero-order chi connectivity index (χ0) is 13.1. The molecule has 0 spiro atoms. The molecule has 0 amide bonds. The predicted octanol–water partition coefficient (Wildman–Crippen LogP) is 2.91. The van der Waals surface area contributed by atoms with Gasteiger partial charge in [-0.05, 0) is 26.0 Å². The molecule has 1 aromatic carbocycles. The molecule has 0 fully saturated rings. The van der Waals surface area contributed by atoms with Crippen molar-refractivity contribution in [3.05, 3.63) is 24.3 Å². The summed E-state index contributed by atoms with van der Waals surface area (Å²) in [5.41, 5.74) is 0.265. The number of halogens is 1. The molecule has 0 heterocycles. The lowest BCUT2D eigenvalue weighted by Gasteiger charge is -2.26. The average molecular weight is 276 g/mol. The van der Waals surface area contributed by atoms with Gasteiger partial charge in [-0.1, -0.05) is 19.1 Å². The van der Waals surface area contributed by atoms with Gasteiger partial charge >= 0.3 is 0 Å². The van der Waals surface area contributed by atoms with Crippen LogP contribution >= 0.6 is 11.6 Å². The largest absolute Gasteiger partial charge is 0.378 e. The first-order chi connectivity index (χ1) is 7.82. The van der Waals surface area contributed by atoms with Crippen molar-refractivity contribution in [3.8, 4) is 0 Å². The fourth-order valence-corrected chi connectivity index (χ4v) is 2.51. The van der Waals surface area contributed by atoms with Crippen molar-refractivity contribution in [2.75, 3.05) is 16.9 Å². The summed E-state index contributed by atoms with van der Waals surface area (Å²) >= 11 is 5.83. The molecule has 1 N–H and O–H groups in total. The van der Waals surface area contributed by atoms with Gasteiger partial charge in [0, 0.05) is 11.4 Å². The highest BCUT2D eigenvalue weighted by Gasteiger charge is 2.21. The number of anilines is 1. The molecule has 0 aliphatic heterocycles. The highest BCUT2D eigenvalue weighted by molar-refractivity contribution is 7.91. The van der Waals surface area contributed by atoms with E-state index in [0.717, 1.165) is 0 Å². The quantitative estimate of drug-likeness (QED) is 0.841. The summed E-state index contributed by atoms with van der Waals surface area (Å²) in [6.45, 7) is 5.49. The minimum Gasteiger partial charge on any atom is -0.378 e. The number of para-hydroxylation sites is 1. The highest BCUT2D eigenvalue weighted by Crippen LogP contribution is 2.25. The lowest BCUT2D eigenvalue weighted by molar-refractivity contribution is 0.596. The Morgan fingerprint density at radius 3 is 2.41 bits per heavy atom. The molecule has 0 atom stereocenters. The maximum atomic E-state index is 11.9. The first-order valence-electron chi connectivity index (χ1n) is 5.48. The Kier molecular flexibility index (Phi) is 4.44. The molecule has 0 saturated heterocycles. The van der Waals surface area contributed by atoms with Gasteiger partial charge < -0.3 is 5.32 Å². The molecule has 0 aliphatic carbocycles. The fraction of sp³-hybridized carbons (Fsp3) is 0.500. The van der Waals surface area contributed by atoms with Crippen LogP contribution < -0.4 is 5.32 Å². The molecular weight excluding hydrogens is 258 g/mol. The van der Waals surface area contributed by atoms with E-state index >= 15 is 0 Å². The minimum absolute atomic E-state index is 0.0903. The molecule has 0 saturated carbocycles. The van der Waals surface area contributed by atoms with Crippen molar-refractivity contribution in [1.82, 2.24) is 0 Å². The molecule has 0 bridgehead atoms. The highest BCUT2D eigenvalue weighted by atomic mass is 35.5. The van der Waals surface area contributed by atoms with Crippen LogP contribution in [0.1, 0.15) is 20.8 Å². The van der Waals surface area contributed by atoms with Gasteiger partial charge in [0.15, 0.2) is 9.84 Å². The van der Waals surface area contributed by atoms with Gasteiger partial charge in [-0.25, -0.2) is 8.42 Å². The van der Waals surface area contributed by atoms with Gasteiger partial charge in [0.25, 0.3) is 0 Å². The molecule has 96 valence electrons. The van der Waals surface area contributed by atoms with E-state index in [2.05, 4.69) is 5.32 Å². The number of hydrogen-bond acceptors (Lipinski definition) is 3. The second-order valence-electron chi connectivity index (χ2n) is 4.54. The maximum Gasteiger partial charge on any atom is 0.180 e. The van der Waals surface area contributed by atoms with E-state index in [1.807, 2.05) is 13.8 Å². The van der Waals surface area contributed by atoms with E-state index in [9.17, 15) is 8.42 Å². The first kappa shape index (κ1) is 14.3. The number of nitrogens with one attached hydrogen (secondary N) is 1. The number of hydrogen-bond donors (Lipinski definition) is 1. The summed E-state index contributed by atoms with van der Waals surface area (Å²) in [4.78, 5) is 0.334. The van der Waals surface area contributed by atoms with Gasteiger partial charge in [-0.15, -0.1) is 11.6 Å². The minimum atomic E-state index is -3.22. The van der Waals surface area contributed by atoms with Gasteiger partial charge in [0.2, 0.25) is 0 Å². The zero-order valence-corrected chi connectivity index (χ0v) is 11.9. The van der Waals surface area contributed by atoms with Crippen LogP contribution in [-0.2, 0) is 9.84 Å². The number of alkyl halides is 1. The van der Waals surface area contributed by atoms with Crippen LogP contribution in [0.4, 0.5) is 5.69 Å². The summed E-state index contributed by atoms with van der Waals surface area (Å²) < 4.78 is 23.8. The normalized spacial score (nSPS) is 12.5. The third-order valence-electron chi connectivity index (χ3n) is 2.41. The molecule has 5 heteroatoms. The standard InChI is InChI=1S/C12H18ClNO2S/c1-4-17(15,16)11-8-6-5-7-10(11)14-12(2,3)9-13/h5-8,14H,4,9H2,1-3H3. The van der Waals surface area contributed by atoms with Crippen LogP contribution in [-0.4, -0.2) is 25.6 Å². The van der Waals surface area contributed by atoms with Crippen molar-refractivity contribution < 1.29 is 8.42 Å². The van der Waals surface area contributed by atoms with Crippen LogP contribution in [0.2, 0.25) is 0 Å². The Balaban J connectivity index is 3.18. The number of sulfone groups is 1. The fourth-order valence-electron chi connectivity index (χ4n) is 1.39. The van der Waals surface area contributed by atoms with Crippen LogP contribution in [0.15, 0.2) is 29.2 Å². The lowest BCUT2D eigenvalue weighted by Crippen LogP contribution is -2.33. The maximum absolute atomic E-state index is 11.9. The van der Waals surface area contributed by atoms with Crippen molar-refractivity contribution in [1.29, 1.82) is 0 Å². The third-order valence-corrected chi connectivity index (χ3v) is 4.86. The SMILES string of the molecule is CCS(=O)(=O)c1ccccc1NC(C)(C)CCl. The van der Waals surface area contributed by atoms with Crippen molar-refractivity contribution >= 4 is 27.1 Å². The van der Waals surface area contributed by atoms with Crippen molar-refractivity contribution in [2.24, 2.45) is 0 Å². The Morgan fingerprint density at radius 2 is 1.88 bits per heavy atom. The Hall–Kier alpha value is -0.740. The van der Waals surface area contributed by atoms with Crippen molar-refractivity contribution in [2.45, 2.75) is 31.2 Å². The van der Waals surface area contributed by atoms with Crippen LogP contribution in [0.25, 0.3) is 0 Å².